The molecule has 0 aliphatic heterocycles. The molecule has 1 aliphatic rings. The minimum absolute atomic E-state index is 0.0285. The fourth-order valence-corrected chi connectivity index (χ4v) is 2.28. The molecule has 1 saturated carbocycles. The van der Waals surface area contributed by atoms with E-state index < -0.39 is 17.6 Å². The molecule has 2 aromatic rings. The van der Waals surface area contributed by atoms with Crippen molar-refractivity contribution >= 4 is 11.6 Å². The van der Waals surface area contributed by atoms with Crippen LogP contribution in [-0.4, -0.2) is 17.7 Å². The number of halogens is 3. The van der Waals surface area contributed by atoms with E-state index in [9.17, 15) is 18.0 Å². The second-order valence-electron chi connectivity index (χ2n) is 5.90. The van der Waals surface area contributed by atoms with Crippen molar-refractivity contribution < 1.29 is 27.2 Å². The first-order valence-electron chi connectivity index (χ1n) is 8.00. The fourth-order valence-electron chi connectivity index (χ4n) is 2.28. The Balaban J connectivity index is 1.83. The molecule has 1 fully saturated rings. The summed E-state index contributed by atoms with van der Waals surface area (Å²) in [7, 11) is 0. The second kappa shape index (κ2) is 6.78. The molecule has 1 heterocycles. The fraction of sp³-hybridized carbons (Fsp3) is 0.412. The van der Waals surface area contributed by atoms with Crippen molar-refractivity contribution in [3.05, 3.63) is 41.3 Å². The van der Waals surface area contributed by atoms with Crippen LogP contribution in [0.5, 0.6) is 5.75 Å². The molecule has 0 saturated heterocycles. The Kier molecular flexibility index (Phi) is 4.69. The van der Waals surface area contributed by atoms with Gasteiger partial charge in [0.05, 0.1) is 17.9 Å². The van der Waals surface area contributed by atoms with Crippen molar-refractivity contribution in [1.82, 2.24) is 5.16 Å². The van der Waals surface area contributed by atoms with Gasteiger partial charge in [0.2, 0.25) is 0 Å². The molecule has 0 unspecified atom stereocenters. The first kappa shape index (κ1) is 17.3. The van der Waals surface area contributed by atoms with Crippen LogP contribution >= 0.6 is 0 Å². The normalized spacial score (nSPS) is 14.4. The van der Waals surface area contributed by atoms with E-state index in [1.807, 2.05) is 6.92 Å². The molecule has 3 rings (SSSR count). The zero-order valence-corrected chi connectivity index (χ0v) is 13.5. The quantitative estimate of drug-likeness (QED) is 0.823. The van der Waals surface area contributed by atoms with Crippen molar-refractivity contribution in [3.63, 3.8) is 0 Å². The van der Waals surface area contributed by atoms with Crippen LogP contribution in [0.2, 0.25) is 0 Å². The number of hydrogen-bond acceptors (Lipinski definition) is 4. The first-order chi connectivity index (χ1) is 11.9. The number of anilines is 1. The largest absolute Gasteiger partial charge is 0.491 e. The summed E-state index contributed by atoms with van der Waals surface area (Å²) in [5.74, 6) is 0.438. The number of carbonyl (C=O) groups excluding carboxylic acids is 1. The van der Waals surface area contributed by atoms with Crippen LogP contribution in [0.15, 0.2) is 28.8 Å². The molecule has 1 amide bonds. The summed E-state index contributed by atoms with van der Waals surface area (Å²) in [6.07, 6.45) is -1.87. The van der Waals surface area contributed by atoms with E-state index in [0.717, 1.165) is 25.0 Å². The number of aromatic nitrogens is 1. The molecular weight excluding hydrogens is 337 g/mol. The SMILES string of the molecule is CCCOc1ccc(C(F)(F)F)cc1NC(=O)c1cc(C2CC2)on1. The molecule has 0 radical (unpaired) electrons. The Morgan fingerprint density at radius 1 is 1.36 bits per heavy atom. The second-order valence-corrected chi connectivity index (χ2v) is 5.90. The van der Waals surface area contributed by atoms with E-state index in [1.165, 1.54) is 12.1 Å². The van der Waals surface area contributed by atoms with Gasteiger partial charge >= 0.3 is 6.18 Å². The summed E-state index contributed by atoms with van der Waals surface area (Å²) >= 11 is 0. The lowest BCUT2D eigenvalue weighted by Gasteiger charge is -2.14. The molecule has 0 bridgehead atoms. The summed E-state index contributed by atoms with van der Waals surface area (Å²) in [6, 6.07) is 4.49. The molecule has 1 aromatic carbocycles. The number of rotatable bonds is 6. The van der Waals surface area contributed by atoms with E-state index in [2.05, 4.69) is 10.5 Å². The van der Waals surface area contributed by atoms with Crippen LogP contribution in [-0.2, 0) is 6.18 Å². The lowest BCUT2D eigenvalue weighted by Crippen LogP contribution is -2.15. The topological polar surface area (TPSA) is 64.4 Å². The Hall–Kier alpha value is -2.51. The maximum atomic E-state index is 12.9. The van der Waals surface area contributed by atoms with Crippen molar-refractivity contribution in [1.29, 1.82) is 0 Å². The summed E-state index contributed by atoms with van der Waals surface area (Å²) in [5, 5.41) is 6.12. The summed E-state index contributed by atoms with van der Waals surface area (Å²) in [4.78, 5) is 12.3. The van der Waals surface area contributed by atoms with Gasteiger partial charge in [0.25, 0.3) is 5.91 Å². The Morgan fingerprint density at radius 3 is 2.76 bits per heavy atom. The highest BCUT2D eigenvalue weighted by Gasteiger charge is 2.32. The minimum Gasteiger partial charge on any atom is -0.491 e. The Bertz CT molecular complexity index is 767. The molecule has 5 nitrogen and oxygen atoms in total. The number of nitrogens with one attached hydrogen (secondary N) is 1. The van der Waals surface area contributed by atoms with E-state index in [4.69, 9.17) is 9.26 Å². The molecule has 0 spiro atoms. The minimum atomic E-state index is -4.52. The van der Waals surface area contributed by atoms with E-state index >= 15 is 0 Å². The van der Waals surface area contributed by atoms with Crippen LogP contribution < -0.4 is 10.1 Å². The number of nitrogens with zero attached hydrogens (tertiary/aromatic N) is 1. The Labute approximate surface area is 142 Å². The highest BCUT2D eigenvalue weighted by atomic mass is 19.4. The standard InChI is InChI=1S/C17H17F3N2O3/c1-2-7-24-14-6-5-11(17(18,19)20)8-12(14)21-16(23)13-9-15(25-22-13)10-3-4-10/h5-6,8-10H,2-4,7H2,1H3,(H,21,23). The van der Waals surface area contributed by atoms with Gasteiger partial charge in [0.1, 0.15) is 11.5 Å². The molecular formula is C17H17F3N2O3. The zero-order chi connectivity index (χ0) is 18.0. The van der Waals surface area contributed by atoms with Crippen LogP contribution in [0.4, 0.5) is 18.9 Å². The van der Waals surface area contributed by atoms with Gasteiger partial charge in [-0.1, -0.05) is 12.1 Å². The number of ether oxygens (including phenoxy) is 1. The molecule has 1 aliphatic carbocycles. The molecule has 1 aromatic heterocycles. The predicted octanol–water partition coefficient (Wildman–Crippen LogP) is 4.61. The van der Waals surface area contributed by atoms with Crippen molar-refractivity contribution in [2.24, 2.45) is 0 Å². The number of alkyl halides is 3. The Morgan fingerprint density at radius 2 is 2.12 bits per heavy atom. The first-order valence-corrected chi connectivity index (χ1v) is 8.00. The van der Waals surface area contributed by atoms with Gasteiger partial charge in [-0.3, -0.25) is 4.79 Å². The van der Waals surface area contributed by atoms with Gasteiger partial charge < -0.3 is 14.6 Å². The third-order valence-electron chi connectivity index (χ3n) is 3.76. The lowest BCUT2D eigenvalue weighted by molar-refractivity contribution is -0.137. The third kappa shape index (κ3) is 4.12. The van der Waals surface area contributed by atoms with Crippen molar-refractivity contribution in [2.45, 2.75) is 38.3 Å². The number of benzene rings is 1. The molecule has 0 atom stereocenters. The van der Waals surface area contributed by atoms with E-state index in [0.29, 0.717) is 18.8 Å². The maximum absolute atomic E-state index is 12.9. The van der Waals surface area contributed by atoms with Crippen LogP contribution in [0.1, 0.15) is 53.9 Å². The highest BCUT2D eigenvalue weighted by Crippen LogP contribution is 2.40. The molecule has 134 valence electrons. The highest BCUT2D eigenvalue weighted by molar-refractivity contribution is 6.03. The maximum Gasteiger partial charge on any atom is 0.416 e. The zero-order valence-electron chi connectivity index (χ0n) is 13.5. The van der Waals surface area contributed by atoms with E-state index in [-0.39, 0.29) is 23.0 Å². The van der Waals surface area contributed by atoms with Crippen molar-refractivity contribution in [2.75, 3.05) is 11.9 Å². The lowest BCUT2D eigenvalue weighted by atomic mass is 10.1. The molecule has 25 heavy (non-hydrogen) atoms. The van der Waals surface area contributed by atoms with Crippen LogP contribution in [0, 0.1) is 0 Å². The monoisotopic (exact) mass is 354 g/mol. The third-order valence-corrected chi connectivity index (χ3v) is 3.76. The van der Waals surface area contributed by atoms with Crippen LogP contribution in [0.3, 0.4) is 0 Å². The van der Waals surface area contributed by atoms with Gasteiger partial charge in [-0.15, -0.1) is 0 Å². The smallest absolute Gasteiger partial charge is 0.416 e. The van der Waals surface area contributed by atoms with Crippen molar-refractivity contribution in [3.8, 4) is 5.75 Å². The number of amides is 1. The summed E-state index contributed by atoms with van der Waals surface area (Å²) < 4.78 is 49.3. The average Bonchev–Trinajstić information content (AvgIpc) is 3.29. The van der Waals surface area contributed by atoms with Gasteiger partial charge in [0.15, 0.2) is 5.69 Å². The average molecular weight is 354 g/mol. The van der Waals surface area contributed by atoms with Gasteiger partial charge in [0, 0.05) is 12.0 Å². The summed E-state index contributed by atoms with van der Waals surface area (Å²) in [5.41, 5.74) is -0.893. The van der Waals surface area contributed by atoms with E-state index in [1.54, 1.807) is 0 Å². The molecule has 1 N–H and O–H groups in total. The van der Waals surface area contributed by atoms with Crippen LogP contribution in [0.25, 0.3) is 0 Å². The summed E-state index contributed by atoms with van der Waals surface area (Å²) in [6.45, 7) is 2.20. The molecule has 8 heteroatoms. The van der Waals surface area contributed by atoms with Gasteiger partial charge in [-0.05, 0) is 37.5 Å². The van der Waals surface area contributed by atoms with Gasteiger partial charge in [-0.2, -0.15) is 13.2 Å². The van der Waals surface area contributed by atoms with Gasteiger partial charge in [-0.25, -0.2) is 0 Å². The predicted molar refractivity (Wildman–Crippen MR) is 83.7 cm³/mol. The number of hydrogen-bond donors (Lipinski definition) is 1. The number of carbonyl (C=O) groups is 1.